The predicted molar refractivity (Wildman–Crippen MR) is 80.6 cm³/mol. The fourth-order valence-corrected chi connectivity index (χ4v) is 3.85. The van der Waals surface area contributed by atoms with Gasteiger partial charge in [-0.1, -0.05) is 24.6 Å². The molecule has 3 rings (SSSR count). The number of carbonyl (C=O) groups excluding carboxylic acids is 1. The van der Waals surface area contributed by atoms with Gasteiger partial charge >= 0.3 is 0 Å². The summed E-state index contributed by atoms with van der Waals surface area (Å²) in [6.45, 7) is 2.34. The predicted octanol–water partition coefficient (Wildman–Crippen LogP) is 2.54. The Kier molecular flexibility index (Phi) is 4.06. The average molecular weight is 272 g/mol. The first kappa shape index (κ1) is 13.6. The van der Waals surface area contributed by atoms with Gasteiger partial charge in [0.1, 0.15) is 0 Å². The Morgan fingerprint density at radius 3 is 2.80 bits per heavy atom. The van der Waals surface area contributed by atoms with Gasteiger partial charge in [-0.3, -0.25) is 4.79 Å². The van der Waals surface area contributed by atoms with E-state index in [0.717, 1.165) is 24.4 Å². The van der Waals surface area contributed by atoms with E-state index in [2.05, 4.69) is 17.3 Å². The summed E-state index contributed by atoms with van der Waals surface area (Å²) in [6.07, 6.45) is 5.02. The highest BCUT2D eigenvalue weighted by Crippen LogP contribution is 2.36. The number of nitrogens with zero attached hydrogens (tertiary/aromatic N) is 1. The van der Waals surface area contributed by atoms with Crippen molar-refractivity contribution in [2.75, 3.05) is 20.1 Å². The smallest absolute Gasteiger partial charge is 0.251 e. The van der Waals surface area contributed by atoms with Gasteiger partial charge in [-0.15, -0.1) is 0 Å². The normalized spacial score (nSPS) is 30.6. The highest BCUT2D eigenvalue weighted by molar-refractivity contribution is 5.94. The minimum Gasteiger partial charge on any atom is -0.349 e. The first-order valence-corrected chi connectivity index (χ1v) is 7.78. The Morgan fingerprint density at radius 1 is 1.20 bits per heavy atom. The molecule has 0 radical (unpaired) electrons. The fraction of sp³-hybridized carbons (Fsp3) is 0.588. The summed E-state index contributed by atoms with van der Waals surface area (Å²) in [5.41, 5.74) is 0.777. The van der Waals surface area contributed by atoms with E-state index in [-0.39, 0.29) is 5.91 Å². The van der Waals surface area contributed by atoms with Crippen molar-refractivity contribution in [1.29, 1.82) is 0 Å². The van der Waals surface area contributed by atoms with Crippen LogP contribution >= 0.6 is 0 Å². The second-order valence-electron chi connectivity index (χ2n) is 6.35. The Hall–Kier alpha value is -1.35. The monoisotopic (exact) mass is 272 g/mol. The quantitative estimate of drug-likeness (QED) is 0.897. The SMILES string of the molecule is CN1CC[C@H]2CCC[C@@H](NC(=O)c3ccccc3)[C@H]2C1. The lowest BCUT2D eigenvalue weighted by Crippen LogP contribution is -2.52. The summed E-state index contributed by atoms with van der Waals surface area (Å²) in [7, 11) is 2.20. The van der Waals surface area contributed by atoms with Crippen LogP contribution in [0.3, 0.4) is 0 Å². The van der Waals surface area contributed by atoms with Crippen molar-refractivity contribution in [2.45, 2.75) is 31.7 Å². The average Bonchev–Trinajstić information content (AvgIpc) is 2.49. The minimum atomic E-state index is 0.0875. The number of amides is 1. The first-order chi connectivity index (χ1) is 9.74. The molecule has 2 aliphatic rings. The largest absolute Gasteiger partial charge is 0.349 e. The molecular weight excluding hydrogens is 248 g/mol. The molecule has 3 heteroatoms. The topological polar surface area (TPSA) is 32.3 Å². The first-order valence-electron chi connectivity index (χ1n) is 7.78. The zero-order valence-corrected chi connectivity index (χ0v) is 12.2. The molecule has 1 N–H and O–H groups in total. The van der Waals surface area contributed by atoms with E-state index >= 15 is 0 Å². The third-order valence-electron chi connectivity index (χ3n) is 4.97. The van der Waals surface area contributed by atoms with Gasteiger partial charge in [0.05, 0.1) is 0 Å². The number of piperidine rings is 1. The van der Waals surface area contributed by atoms with Crippen LogP contribution in [0, 0.1) is 11.8 Å². The standard InChI is InChI=1S/C17H24N2O/c1-19-11-10-13-8-5-9-16(15(13)12-19)18-17(20)14-6-3-2-4-7-14/h2-4,6-7,13,15-16H,5,8-12H2,1H3,(H,18,20)/t13-,15+,16-/m1/s1. The van der Waals surface area contributed by atoms with Crippen molar-refractivity contribution in [3.05, 3.63) is 35.9 Å². The van der Waals surface area contributed by atoms with Crippen LogP contribution < -0.4 is 5.32 Å². The minimum absolute atomic E-state index is 0.0875. The molecule has 0 bridgehead atoms. The van der Waals surface area contributed by atoms with Crippen molar-refractivity contribution < 1.29 is 4.79 Å². The molecule has 0 aromatic heterocycles. The van der Waals surface area contributed by atoms with Crippen LogP contribution in [-0.4, -0.2) is 37.0 Å². The van der Waals surface area contributed by atoms with Crippen LogP contribution in [0.1, 0.15) is 36.0 Å². The summed E-state index contributed by atoms with van der Waals surface area (Å²) < 4.78 is 0. The van der Waals surface area contributed by atoms with Gasteiger partial charge < -0.3 is 10.2 Å². The van der Waals surface area contributed by atoms with E-state index in [1.54, 1.807) is 0 Å². The third kappa shape index (κ3) is 2.88. The van der Waals surface area contributed by atoms with Gasteiger partial charge in [-0.05, 0) is 56.8 Å². The molecule has 1 aromatic rings. The molecule has 3 atom stereocenters. The van der Waals surface area contributed by atoms with E-state index in [1.165, 1.54) is 25.8 Å². The molecule has 0 unspecified atom stereocenters. The van der Waals surface area contributed by atoms with Crippen molar-refractivity contribution in [1.82, 2.24) is 10.2 Å². The van der Waals surface area contributed by atoms with Crippen molar-refractivity contribution >= 4 is 5.91 Å². The molecule has 1 aromatic carbocycles. The van der Waals surface area contributed by atoms with E-state index in [0.29, 0.717) is 12.0 Å². The van der Waals surface area contributed by atoms with Crippen LogP contribution in [0.5, 0.6) is 0 Å². The van der Waals surface area contributed by atoms with Crippen LogP contribution in [0.4, 0.5) is 0 Å². The maximum Gasteiger partial charge on any atom is 0.251 e. The maximum atomic E-state index is 12.3. The number of carbonyl (C=O) groups is 1. The van der Waals surface area contributed by atoms with E-state index < -0.39 is 0 Å². The van der Waals surface area contributed by atoms with Gasteiger partial charge in [0, 0.05) is 18.2 Å². The van der Waals surface area contributed by atoms with Gasteiger partial charge in [0.2, 0.25) is 0 Å². The second-order valence-corrected chi connectivity index (χ2v) is 6.35. The van der Waals surface area contributed by atoms with Gasteiger partial charge in [0.25, 0.3) is 5.91 Å². The Bertz CT molecular complexity index is 459. The van der Waals surface area contributed by atoms with Crippen molar-refractivity contribution in [2.24, 2.45) is 11.8 Å². The number of fused-ring (bicyclic) bond motifs is 1. The second kappa shape index (κ2) is 5.96. The summed E-state index contributed by atoms with van der Waals surface area (Å²) in [6, 6.07) is 9.93. The lowest BCUT2D eigenvalue weighted by atomic mass is 9.72. The van der Waals surface area contributed by atoms with Crippen molar-refractivity contribution in [3.8, 4) is 0 Å². The number of benzene rings is 1. The maximum absolute atomic E-state index is 12.3. The summed E-state index contributed by atoms with van der Waals surface area (Å²) >= 11 is 0. The van der Waals surface area contributed by atoms with Crippen LogP contribution in [-0.2, 0) is 0 Å². The molecule has 20 heavy (non-hydrogen) atoms. The molecular formula is C17H24N2O. The Balaban J connectivity index is 1.68. The Labute approximate surface area is 121 Å². The summed E-state index contributed by atoms with van der Waals surface area (Å²) in [5, 5.41) is 3.29. The molecule has 0 spiro atoms. The van der Waals surface area contributed by atoms with Gasteiger partial charge in [0.15, 0.2) is 0 Å². The number of rotatable bonds is 2. The molecule has 108 valence electrons. The molecule has 2 fully saturated rings. The zero-order valence-electron chi connectivity index (χ0n) is 12.2. The van der Waals surface area contributed by atoms with E-state index in [4.69, 9.17) is 0 Å². The molecule has 3 nitrogen and oxygen atoms in total. The van der Waals surface area contributed by atoms with Gasteiger partial charge in [-0.2, -0.15) is 0 Å². The van der Waals surface area contributed by atoms with Crippen LogP contribution in [0.25, 0.3) is 0 Å². The Morgan fingerprint density at radius 2 is 2.00 bits per heavy atom. The van der Waals surface area contributed by atoms with Gasteiger partial charge in [-0.25, -0.2) is 0 Å². The number of nitrogens with one attached hydrogen (secondary N) is 1. The lowest BCUT2D eigenvalue weighted by molar-refractivity contribution is 0.0650. The number of likely N-dealkylation sites (tertiary alicyclic amines) is 1. The summed E-state index contributed by atoms with van der Waals surface area (Å²) in [4.78, 5) is 14.8. The number of hydrogen-bond donors (Lipinski definition) is 1. The molecule has 1 aliphatic heterocycles. The molecule has 1 heterocycles. The number of hydrogen-bond acceptors (Lipinski definition) is 2. The summed E-state index contributed by atoms with van der Waals surface area (Å²) in [5.74, 6) is 1.53. The lowest BCUT2D eigenvalue weighted by Gasteiger charge is -2.44. The molecule has 1 amide bonds. The van der Waals surface area contributed by atoms with E-state index in [1.807, 2.05) is 30.3 Å². The highest BCUT2D eigenvalue weighted by atomic mass is 16.1. The highest BCUT2D eigenvalue weighted by Gasteiger charge is 2.37. The molecule has 1 saturated carbocycles. The third-order valence-corrected chi connectivity index (χ3v) is 4.97. The van der Waals surface area contributed by atoms with Crippen LogP contribution in [0.15, 0.2) is 30.3 Å². The van der Waals surface area contributed by atoms with E-state index in [9.17, 15) is 4.79 Å². The fourth-order valence-electron chi connectivity index (χ4n) is 3.85. The molecule has 1 aliphatic carbocycles. The van der Waals surface area contributed by atoms with Crippen molar-refractivity contribution in [3.63, 3.8) is 0 Å². The zero-order chi connectivity index (χ0) is 13.9. The molecule has 1 saturated heterocycles. The van der Waals surface area contributed by atoms with Crippen LogP contribution in [0.2, 0.25) is 0 Å².